The van der Waals surface area contributed by atoms with Crippen LogP contribution in [0.1, 0.15) is 25.1 Å². The van der Waals surface area contributed by atoms with Crippen molar-refractivity contribution in [3.63, 3.8) is 0 Å². The van der Waals surface area contributed by atoms with Crippen molar-refractivity contribution in [2.75, 3.05) is 19.5 Å². The van der Waals surface area contributed by atoms with Crippen LogP contribution in [0.25, 0.3) is 17.3 Å². The first-order valence-corrected chi connectivity index (χ1v) is 11.0. The van der Waals surface area contributed by atoms with Crippen LogP contribution < -0.4 is 14.8 Å². The molecule has 0 fully saturated rings. The maximum atomic E-state index is 12.4. The minimum atomic E-state index is -0.300. The predicted octanol–water partition coefficient (Wildman–Crippen LogP) is 5.29. The number of carbonyl (C=O) groups excluding carboxylic acids is 1. The van der Waals surface area contributed by atoms with E-state index in [2.05, 4.69) is 29.2 Å². The summed E-state index contributed by atoms with van der Waals surface area (Å²) in [7, 11) is 3.20. The lowest BCUT2D eigenvalue weighted by atomic mass is 10.1. The summed E-state index contributed by atoms with van der Waals surface area (Å²) in [6.07, 6.45) is 3.11. The summed E-state index contributed by atoms with van der Waals surface area (Å²) in [6.45, 7) is 6.78. The maximum absolute atomic E-state index is 12.4. The van der Waals surface area contributed by atoms with Crippen molar-refractivity contribution in [2.24, 2.45) is 5.92 Å². The Morgan fingerprint density at radius 1 is 1.32 bits per heavy atom. The van der Waals surface area contributed by atoms with E-state index < -0.39 is 0 Å². The number of ether oxygens (including phenoxy) is 2. The second-order valence-corrected chi connectivity index (χ2v) is 8.51. The number of nitrogens with zero attached hydrogens (tertiary/aromatic N) is 3. The molecular formula is C22H25ClN4O3S. The molecule has 3 rings (SSSR count). The minimum absolute atomic E-state index is 0.300. The Morgan fingerprint density at radius 2 is 2.10 bits per heavy atom. The number of carbonyl (C=O) groups is 1. The molecule has 0 saturated heterocycles. The third kappa shape index (κ3) is 5.45. The molecule has 0 aliphatic carbocycles. The van der Waals surface area contributed by atoms with Crippen LogP contribution in [0.5, 0.6) is 11.5 Å². The van der Waals surface area contributed by atoms with Gasteiger partial charge in [-0.05, 0) is 37.1 Å². The predicted molar refractivity (Wildman–Crippen MR) is 125 cm³/mol. The molecule has 1 N–H and O–H groups in total. The van der Waals surface area contributed by atoms with Gasteiger partial charge in [0, 0.05) is 29.1 Å². The van der Waals surface area contributed by atoms with Gasteiger partial charge in [-0.3, -0.25) is 14.8 Å². The lowest BCUT2D eigenvalue weighted by Gasteiger charge is -2.08. The summed E-state index contributed by atoms with van der Waals surface area (Å²) < 4.78 is 12.5. The van der Waals surface area contributed by atoms with Crippen molar-refractivity contribution in [2.45, 2.75) is 27.3 Å². The smallest absolute Gasteiger partial charge is 0.250 e. The van der Waals surface area contributed by atoms with Gasteiger partial charge in [0.15, 0.2) is 5.13 Å². The molecule has 2 heterocycles. The number of hydrogen-bond acceptors (Lipinski definition) is 6. The summed E-state index contributed by atoms with van der Waals surface area (Å²) in [4.78, 5) is 16.9. The second-order valence-electron chi connectivity index (χ2n) is 7.29. The number of benzene rings is 1. The molecule has 2 aromatic heterocycles. The quantitative estimate of drug-likeness (QED) is 0.462. The van der Waals surface area contributed by atoms with E-state index in [0.29, 0.717) is 33.4 Å². The van der Waals surface area contributed by atoms with E-state index >= 15 is 0 Å². The van der Waals surface area contributed by atoms with Gasteiger partial charge in [-0.25, -0.2) is 4.98 Å². The third-order valence-corrected chi connectivity index (χ3v) is 5.62. The zero-order valence-electron chi connectivity index (χ0n) is 18.1. The molecule has 164 valence electrons. The van der Waals surface area contributed by atoms with E-state index in [4.69, 9.17) is 21.1 Å². The first-order chi connectivity index (χ1) is 14.8. The highest BCUT2D eigenvalue weighted by molar-refractivity contribution is 7.14. The molecule has 1 aromatic carbocycles. The molecule has 0 aliphatic heterocycles. The average molecular weight is 461 g/mol. The van der Waals surface area contributed by atoms with Crippen LogP contribution >= 0.6 is 22.9 Å². The third-order valence-electron chi connectivity index (χ3n) is 4.47. The van der Waals surface area contributed by atoms with Crippen molar-refractivity contribution in [1.29, 1.82) is 0 Å². The number of aryl methyl sites for hydroxylation is 1. The molecule has 31 heavy (non-hydrogen) atoms. The van der Waals surface area contributed by atoms with Crippen LogP contribution in [0.15, 0.2) is 29.7 Å². The van der Waals surface area contributed by atoms with Crippen LogP contribution in [0.4, 0.5) is 5.13 Å². The lowest BCUT2D eigenvalue weighted by Crippen LogP contribution is -2.07. The first-order valence-electron chi connectivity index (χ1n) is 9.72. The fourth-order valence-corrected chi connectivity index (χ4v) is 4.02. The van der Waals surface area contributed by atoms with Gasteiger partial charge in [0.1, 0.15) is 16.7 Å². The number of halogens is 1. The van der Waals surface area contributed by atoms with Crippen LogP contribution in [0.2, 0.25) is 5.15 Å². The van der Waals surface area contributed by atoms with Gasteiger partial charge in [0.05, 0.1) is 25.6 Å². The van der Waals surface area contributed by atoms with Crippen molar-refractivity contribution in [1.82, 2.24) is 14.8 Å². The van der Waals surface area contributed by atoms with E-state index in [-0.39, 0.29) is 5.91 Å². The zero-order chi connectivity index (χ0) is 22.5. The van der Waals surface area contributed by atoms with Gasteiger partial charge in [-0.2, -0.15) is 5.10 Å². The Bertz CT molecular complexity index is 1100. The standard InChI is InChI=1S/C22H25ClN4O3S/c1-13(2)11-27-21(23)16(14(3)26-27)7-9-20(28)25-22-24-18(12-31-22)17-10-15(29-4)6-8-19(17)30-5/h6-10,12-13H,11H2,1-5H3,(H,24,25,28)/b9-7+. The van der Waals surface area contributed by atoms with E-state index in [1.807, 2.05) is 30.5 Å². The summed E-state index contributed by atoms with van der Waals surface area (Å²) >= 11 is 7.76. The molecule has 1 amide bonds. The summed E-state index contributed by atoms with van der Waals surface area (Å²) in [6, 6.07) is 5.48. The normalized spacial score (nSPS) is 11.3. The number of thiazole rings is 1. The Kier molecular flexibility index (Phi) is 7.35. The summed E-state index contributed by atoms with van der Waals surface area (Å²) in [5.41, 5.74) is 2.98. The van der Waals surface area contributed by atoms with E-state index in [9.17, 15) is 4.79 Å². The topological polar surface area (TPSA) is 78.3 Å². The van der Waals surface area contributed by atoms with Crippen molar-refractivity contribution in [3.05, 3.63) is 46.1 Å². The highest BCUT2D eigenvalue weighted by Crippen LogP contribution is 2.35. The number of hydrogen-bond donors (Lipinski definition) is 1. The van der Waals surface area contributed by atoms with Gasteiger partial charge in [-0.15, -0.1) is 11.3 Å². The molecular weight excluding hydrogens is 436 g/mol. The minimum Gasteiger partial charge on any atom is -0.497 e. The molecule has 7 nitrogen and oxygen atoms in total. The van der Waals surface area contributed by atoms with Gasteiger partial charge in [0.2, 0.25) is 5.91 Å². The molecule has 0 unspecified atom stereocenters. The van der Waals surface area contributed by atoms with E-state index in [1.54, 1.807) is 25.0 Å². The SMILES string of the molecule is COc1ccc(OC)c(-c2csc(NC(=O)/C=C/c3c(C)nn(CC(C)C)c3Cl)n2)c1. The number of aromatic nitrogens is 3. The second kappa shape index (κ2) is 9.98. The number of anilines is 1. The number of rotatable bonds is 8. The van der Waals surface area contributed by atoms with Crippen molar-refractivity contribution < 1.29 is 14.3 Å². The maximum Gasteiger partial charge on any atom is 0.250 e. The fraction of sp³-hybridized carbons (Fsp3) is 0.318. The largest absolute Gasteiger partial charge is 0.497 e. The molecule has 0 atom stereocenters. The molecule has 0 spiro atoms. The Labute approximate surface area is 190 Å². The van der Waals surface area contributed by atoms with E-state index in [1.165, 1.54) is 17.4 Å². The Morgan fingerprint density at radius 3 is 2.77 bits per heavy atom. The molecule has 0 bridgehead atoms. The lowest BCUT2D eigenvalue weighted by molar-refractivity contribution is -0.111. The number of nitrogens with one attached hydrogen (secondary N) is 1. The van der Waals surface area contributed by atoms with Crippen molar-refractivity contribution >= 4 is 40.1 Å². The summed E-state index contributed by atoms with van der Waals surface area (Å²) in [5.74, 6) is 1.49. The van der Waals surface area contributed by atoms with Crippen LogP contribution in [-0.2, 0) is 11.3 Å². The van der Waals surface area contributed by atoms with Gasteiger partial charge in [-0.1, -0.05) is 25.4 Å². The molecule has 0 radical (unpaired) electrons. The monoisotopic (exact) mass is 460 g/mol. The first kappa shape index (κ1) is 22.8. The number of methoxy groups -OCH3 is 2. The van der Waals surface area contributed by atoms with Crippen LogP contribution in [0.3, 0.4) is 0 Å². The van der Waals surface area contributed by atoms with Crippen molar-refractivity contribution in [3.8, 4) is 22.8 Å². The zero-order valence-corrected chi connectivity index (χ0v) is 19.7. The Balaban J connectivity index is 1.73. The molecule has 0 saturated carbocycles. The molecule has 3 aromatic rings. The van der Waals surface area contributed by atoms with Gasteiger partial charge >= 0.3 is 0 Å². The van der Waals surface area contributed by atoms with E-state index in [0.717, 1.165) is 23.4 Å². The molecule has 9 heteroatoms. The number of amides is 1. The van der Waals surface area contributed by atoms with Crippen LogP contribution in [0, 0.1) is 12.8 Å². The van der Waals surface area contributed by atoms with Crippen LogP contribution in [-0.4, -0.2) is 34.9 Å². The van der Waals surface area contributed by atoms with Gasteiger partial charge in [0.25, 0.3) is 0 Å². The summed E-state index contributed by atoms with van der Waals surface area (Å²) in [5, 5.41) is 10.1. The highest BCUT2D eigenvalue weighted by atomic mass is 35.5. The molecule has 0 aliphatic rings. The highest BCUT2D eigenvalue weighted by Gasteiger charge is 2.14. The fourth-order valence-electron chi connectivity index (χ4n) is 3.00. The average Bonchev–Trinajstić information content (AvgIpc) is 3.30. The Hall–Kier alpha value is -2.84. The van der Waals surface area contributed by atoms with Gasteiger partial charge < -0.3 is 9.47 Å².